The molecule has 20 heavy (non-hydrogen) atoms. The monoisotopic (exact) mass is 285 g/mol. The molecule has 5 nitrogen and oxygen atoms in total. The van der Waals surface area contributed by atoms with E-state index in [2.05, 4.69) is 38.2 Å². The van der Waals surface area contributed by atoms with Gasteiger partial charge in [-0.3, -0.25) is 0 Å². The Morgan fingerprint density at radius 2 is 1.90 bits per heavy atom. The number of carbonyl (C=O) groups excluding carboxylic acids is 1. The standard InChI is InChI=1S/C15H31N3O2/c1-11(2)13(17(6)7)8-16-12-9-18(10-12)14(19)20-15(3,4)5/h11-13,16H,8-10H2,1-7H3. The normalized spacial score (nSPS) is 18.4. The van der Waals surface area contributed by atoms with Crippen molar-refractivity contribution in [2.75, 3.05) is 33.7 Å². The van der Waals surface area contributed by atoms with E-state index in [0.717, 1.165) is 19.6 Å². The molecular formula is C15H31N3O2. The average Bonchev–Trinajstić information content (AvgIpc) is 2.16. The van der Waals surface area contributed by atoms with Gasteiger partial charge in [0.1, 0.15) is 5.60 Å². The summed E-state index contributed by atoms with van der Waals surface area (Å²) in [7, 11) is 4.22. The highest BCUT2D eigenvalue weighted by Gasteiger charge is 2.33. The molecule has 118 valence electrons. The van der Waals surface area contributed by atoms with E-state index in [1.165, 1.54) is 0 Å². The summed E-state index contributed by atoms with van der Waals surface area (Å²) >= 11 is 0. The molecule has 1 amide bonds. The number of hydrogen-bond acceptors (Lipinski definition) is 4. The fourth-order valence-electron chi connectivity index (χ4n) is 2.39. The Bertz CT molecular complexity index is 310. The highest BCUT2D eigenvalue weighted by Crippen LogP contribution is 2.15. The molecule has 1 rings (SSSR count). The molecule has 1 heterocycles. The van der Waals surface area contributed by atoms with Crippen molar-refractivity contribution in [2.24, 2.45) is 5.92 Å². The number of carbonyl (C=O) groups is 1. The minimum Gasteiger partial charge on any atom is -0.444 e. The van der Waals surface area contributed by atoms with E-state index >= 15 is 0 Å². The maximum absolute atomic E-state index is 11.8. The number of amides is 1. The molecule has 1 unspecified atom stereocenters. The van der Waals surface area contributed by atoms with Crippen molar-refractivity contribution in [3.8, 4) is 0 Å². The predicted molar refractivity (Wildman–Crippen MR) is 81.9 cm³/mol. The maximum Gasteiger partial charge on any atom is 0.410 e. The van der Waals surface area contributed by atoms with Gasteiger partial charge >= 0.3 is 6.09 Å². The molecule has 1 fully saturated rings. The first-order valence-corrected chi connectivity index (χ1v) is 7.48. The zero-order valence-electron chi connectivity index (χ0n) is 14.1. The lowest BCUT2D eigenvalue weighted by molar-refractivity contribution is 0.00457. The highest BCUT2D eigenvalue weighted by atomic mass is 16.6. The van der Waals surface area contributed by atoms with E-state index in [-0.39, 0.29) is 6.09 Å². The first-order valence-electron chi connectivity index (χ1n) is 7.48. The second-order valence-corrected chi connectivity index (χ2v) is 7.27. The SMILES string of the molecule is CC(C)C(CNC1CN(C(=O)OC(C)(C)C)C1)N(C)C. The number of nitrogens with zero attached hydrogens (tertiary/aromatic N) is 2. The fraction of sp³-hybridized carbons (Fsp3) is 0.933. The van der Waals surface area contributed by atoms with Crippen molar-refractivity contribution >= 4 is 6.09 Å². The average molecular weight is 285 g/mol. The summed E-state index contributed by atoms with van der Waals surface area (Å²) in [6.07, 6.45) is -0.205. The summed E-state index contributed by atoms with van der Waals surface area (Å²) in [5, 5.41) is 3.54. The maximum atomic E-state index is 11.8. The Hall–Kier alpha value is -0.810. The Morgan fingerprint density at radius 1 is 1.35 bits per heavy atom. The predicted octanol–water partition coefficient (Wildman–Crippen LogP) is 1.78. The molecule has 0 aromatic carbocycles. The molecule has 0 spiro atoms. The minimum atomic E-state index is -0.413. The second kappa shape index (κ2) is 6.76. The van der Waals surface area contributed by atoms with Crippen molar-refractivity contribution in [3.05, 3.63) is 0 Å². The summed E-state index contributed by atoms with van der Waals surface area (Å²) in [6.45, 7) is 12.6. The van der Waals surface area contributed by atoms with E-state index in [1.807, 2.05) is 20.8 Å². The van der Waals surface area contributed by atoms with Crippen LogP contribution in [0.15, 0.2) is 0 Å². The van der Waals surface area contributed by atoms with Crippen LogP contribution in [-0.2, 0) is 4.74 Å². The second-order valence-electron chi connectivity index (χ2n) is 7.27. The molecule has 1 aliphatic rings. The van der Waals surface area contributed by atoms with Crippen LogP contribution in [0.2, 0.25) is 0 Å². The topological polar surface area (TPSA) is 44.8 Å². The van der Waals surface area contributed by atoms with Gasteiger partial charge in [-0.05, 0) is 40.8 Å². The third-order valence-corrected chi connectivity index (χ3v) is 3.58. The van der Waals surface area contributed by atoms with Crippen LogP contribution in [0.4, 0.5) is 4.79 Å². The van der Waals surface area contributed by atoms with E-state index in [9.17, 15) is 4.79 Å². The minimum absolute atomic E-state index is 0.205. The first-order chi connectivity index (χ1) is 9.10. The molecule has 1 atom stereocenters. The van der Waals surface area contributed by atoms with Gasteiger partial charge in [-0.1, -0.05) is 13.8 Å². The quantitative estimate of drug-likeness (QED) is 0.836. The summed E-state index contributed by atoms with van der Waals surface area (Å²) in [4.78, 5) is 15.8. The van der Waals surface area contributed by atoms with E-state index in [4.69, 9.17) is 4.74 Å². The molecular weight excluding hydrogens is 254 g/mol. The molecule has 1 N–H and O–H groups in total. The van der Waals surface area contributed by atoms with Crippen molar-refractivity contribution in [1.82, 2.24) is 15.1 Å². The molecule has 1 aliphatic heterocycles. The van der Waals surface area contributed by atoms with Crippen molar-refractivity contribution < 1.29 is 9.53 Å². The van der Waals surface area contributed by atoms with E-state index in [1.54, 1.807) is 4.90 Å². The summed E-state index contributed by atoms with van der Waals surface area (Å²) < 4.78 is 5.34. The highest BCUT2D eigenvalue weighted by molar-refractivity contribution is 5.69. The lowest BCUT2D eigenvalue weighted by atomic mass is 10.0. The van der Waals surface area contributed by atoms with Crippen LogP contribution >= 0.6 is 0 Å². The van der Waals surface area contributed by atoms with Gasteiger partial charge < -0.3 is 19.9 Å². The Kier molecular flexibility index (Phi) is 5.83. The van der Waals surface area contributed by atoms with Crippen molar-refractivity contribution in [3.63, 3.8) is 0 Å². The van der Waals surface area contributed by atoms with Gasteiger partial charge in [-0.25, -0.2) is 4.79 Å². The number of hydrogen-bond donors (Lipinski definition) is 1. The first kappa shape index (κ1) is 17.2. The summed E-state index contributed by atoms with van der Waals surface area (Å²) in [5.41, 5.74) is -0.413. The number of rotatable bonds is 5. The molecule has 0 saturated carbocycles. The Balaban J connectivity index is 2.27. The zero-order chi connectivity index (χ0) is 15.5. The number of likely N-dealkylation sites (tertiary alicyclic amines) is 1. The van der Waals surface area contributed by atoms with Crippen LogP contribution in [0, 0.1) is 5.92 Å². The van der Waals surface area contributed by atoms with Gasteiger partial charge in [0, 0.05) is 31.7 Å². The third kappa shape index (κ3) is 5.29. The zero-order valence-corrected chi connectivity index (χ0v) is 14.1. The van der Waals surface area contributed by atoms with Crippen LogP contribution in [0.1, 0.15) is 34.6 Å². The van der Waals surface area contributed by atoms with Gasteiger partial charge in [0.05, 0.1) is 0 Å². The molecule has 5 heteroatoms. The van der Waals surface area contributed by atoms with Gasteiger partial charge in [0.25, 0.3) is 0 Å². The summed E-state index contributed by atoms with van der Waals surface area (Å²) in [6, 6.07) is 0.911. The van der Waals surface area contributed by atoms with Gasteiger partial charge in [0.2, 0.25) is 0 Å². The van der Waals surface area contributed by atoms with Crippen molar-refractivity contribution in [1.29, 1.82) is 0 Å². The van der Waals surface area contributed by atoms with Crippen LogP contribution in [0.5, 0.6) is 0 Å². The number of likely N-dealkylation sites (N-methyl/N-ethyl adjacent to an activating group) is 1. The Morgan fingerprint density at radius 3 is 2.30 bits per heavy atom. The van der Waals surface area contributed by atoms with Crippen LogP contribution in [-0.4, -0.2) is 67.3 Å². The third-order valence-electron chi connectivity index (χ3n) is 3.58. The Labute approximate surface area is 123 Å². The molecule has 0 radical (unpaired) electrons. The smallest absolute Gasteiger partial charge is 0.410 e. The number of nitrogens with one attached hydrogen (secondary N) is 1. The van der Waals surface area contributed by atoms with Gasteiger partial charge in [-0.15, -0.1) is 0 Å². The molecule has 0 aromatic heterocycles. The van der Waals surface area contributed by atoms with E-state index < -0.39 is 5.60 Å². The van der Waals surface area contributed by atoms with Crippen molar-refractivity contribution in [2.45, 2.75) is 52.3 Å². The molecule has 0 aromatic rings. The van der Waals surface area contributed by atoms with Gasteiger partial charge in [0.15, 0.2) is 0 Å². The lowest BCUT2D eigenvalue weighted by Crippen LogP contribution is -2.62. The van der Waals surface area contributed by atoms with Crippen LogP contribution in [0.25, 0.3) is 0 Å². The largest absolute Gasteiger partial charge is 0.444 e. The molecule has 1 saturated heterocycles. The lowest BCUT2D eigenvalue weighted by Gasteiger charge is -2.41. The molecule has 0 aliphatic carbocycles. The number of ether oxygens (including phenoxy) is 1. The van der Waals surface area contributed by atoms with Gasteiger partial charge in [-0.2, -0.15) is 0 Å². The molecule has 0 bridgehead atoms. The van der Waals surface area contributed by atoms with Crippen LogP contribution in [0.3, 0.4) is 0 Å². The van der Waals surface area contributed by atoms with Crippen LogP contribution < -0.4 is 5.32 Å². The fourth-order valence-corrected chi connectivity index (χ4v) is 2.39. The van der Waals surface area contributed by atoms with E-state index in [0.29, 0.717) is 18.0 Å². The summed E-state index contributed by atoms with van der Waals surface area (Å²) in [5.74, 6) is 0.611.